The minimum Gasteiger partial charge on any atom is -0.336 e. The number of thiazole rings is 1. The summed E-state index contributed by atoms with van der Waals surface area (Å²) in [5.74, 6) is 0.283. The van der Waals surface area contributed by atoms with Gasteiger partial charge in [-0.3, -0.25) is 4.79 Å². The van der Waals surface area contributed by atoms with Gasteiger partial charge in [0.25, 0.3) is 5.91 Å². The summed E-state index contributed by atoms with van der Waals surface area (Å²) in [7, 11) is 0. The van der Waals surface area contributed by atoms with E-state index in [2.05, 4.69) is 21.9 Å². The highest BCUT2D eigenvalue weighted by atomic mass is 32.1. The Kier molecular flexibility index (Phi) is 3.57. The van der Waals surface area contributed by atoms with Crippen LogP contribution in [0.5, 0.6) is 0 Å². The summed E-state index contributed by atoms with van der Waals surface area (Å²) in [5, 5.41) is 1.13. The van der Waals surface area contributed by atoms with Gasteiger partial charge in [-0.25, -0.2) is 15.0 Å². The number of hydrogen-bond acceptors (Lipinski definition) is 5. The lowest BCUT2D eigenvalue weighted by molar-refractivity contribution is 0.0702. The number of rotatable bonds is 2. The van der Waals surface area contributed by atoms with Gasteiger partial charge in [0.2, 0.25) is 0 Å². The Hall–Kier alpha value is -2.28. The Bertz CT molecular complexity index is 855. The number of piperidine rings is 1. The number of likely N-dealkylation sites (tertiary alicyclic amines) is 1. The lowest BCUT2D eigenvalue weighted by Crippen LogP contribution is -2.39. The number of hydrogen-bond donors (Lipinski definition) is 0. The van der Waals surface area contributed by atoms with Crippen molar-refractivity contribution in [3.63, 3.8) is 0 Å². The van der Waals surface area contributed by atoms with Crippen LogP contribution in [0.3, 0.4) is 0 Å². The Morgan fingerprint density at radius 3 is 2.87 bits per heavy atom. The molecule has 0 bridgehead atoms. The molecule has 1 fully saturated rings. The fourth-order valence-corrected chi connectivity index (χ4v) is 3.98. The van der Waals surface area contributed by atoms with Crippen LogP contribution in [0, 0.1) is 6.92 Å². The van der Waals surface area contributed by atoms with Crippen LogP contribution in [0.2, 0.25) is 0 Å². The van der Waals surface area contributed by atoms with Gasteiger partial charge in [-0.15, -0.1) is 11.3 Å². The summed E-state index contributed by atoms with van der Waals surface area (Å²) in [5.41, 5.74) is 1.04. The lowest BCUT2D eigenvalue weighted by atomic mass is 9.98. The molecule has 4 heterocycles. The predicted molar refractivity (Wildman–Crippen MR) is 87.7 cm³/mol. The van der Waals surface area contributed by atoms with Crippen LogP contribution < -0.4 is 0 Å². The summed E-state index contributed by atoms with van der Waals surface area (Å²) < 4.78 is 1.83. The molecule has 0 saturated carbocycles. The Morgan fingerprint density at radius 2 is 2.09 bits per heavy atom. The third-order valence-corrected chi connectivity index (χ3v) is 5.29. The third kappa shape index (κ3) is 2.61. The van der Waals surface area contributed by atoms with E-state index in [1.807, 2.05) is 21.7 Å². The van der Waals surface area contributed by atoms with Gasteiger partial charge in [-0.2, -0.15) is 0 Å². The number of aromatic nitrogens is 4. The molecule has 0 N–H and O–H groups in total. The standard InChI is InChI=1S/C16H17N5OS/c1-11-9-19-15(23-11)12-3-2-6-21(10-12)16(22)13-14-18-5-8-20(14)7-4-17-13/h4-5,7-9,12H,2-3,6,10H2,1H3. The van der Waals surface area contributed by atoms with Crippen molar-refractivity contribution in [3.05, 3.63) is 46.6 Å². The Labute approximate surface area is 137 Å². The van der Waals surface area contributed by atoms with Crippen molar-refractivity contribution in [1.29, 1.82) is 0 Å². The zero-order valence-electron chi connectivity index (χ0n) is 12.8. The van der Waals surface area contributed by atoms with Crippen LogP contribution in [0.1, 0.15) is 39.1 Å². The second-order valence-corrected chi connectivity index (χ2v) is 7.10. The molecule has 1 aliphatic heterocycles. The second kappa shape index (κ2) is 5.73. The number of carbonyl (C=O) groups excluding carboxylic acids is 1. The molecule has 1 unspecified atom stereocenters. The van der Waals surface area contributed by atoms with Crippen molar-refractivity contribution in [2.45, 2.75) is 25.7 Å². The molecule has 0 spiro atoms. The van der Waals surface area contributed by atoms with Gasteiger partial charge in [0.05, 0.1) is 5.01 Å². The summed E-state index contributed by atoms with van der Waals surface area (Å²) in [4.78, 5) is 29.0. The lowest BCUT2D eigenvalue weighted by Gasteiger charge is -2.31. The van der Waals surface area contributed by atoms with Crippen molar-refractivity contribution in [2.24, 2.45) is 0 Å². The van der Waals surface area contributed by atoms with E-state index in [1.165, 1.54) is 4.88 Å². The maximum Gasteiger partial charge on any atom is 0.276 e. The average molecular weight is 327 g/mol. The molecule has 1 saturated heterocycles. The van der Waals surface area contributed by atoms with E-state index < -0.39 is 0 Å². The highest BCUT2D eigenvalue weighted by Crippen LogP contribution is 2.30. The average Bonchev–Trinajstić information content (AvgIpc) is 3.22. The first-order chi connectivity index (χ1) is 11.2. The maximum absolute atomic E-state index is 12.9. The fourth-order valence-electron chi connectivity index (χ4n) is 3.08. The van der Waals surface area contributed by atoms with E-state index in [0.717, 1.165) is 24.4 Å². The van der Waals surface area contributed by atoms with Crippen LogP contribution in [0.4, 0.5) is 0 Å². The van der Waals surface area contributed by atoms with Crippen molar-refractivity contribution in [3.8, 4) is 0 Å². The van der Waals surface area contributed by atoms with Crippen LogP contribution in [0.15, 0.2) is 31.0 Å². The van der Waals surface area contributed by atoms with Gasteiger partial charge in [0.1, 0.15) is 0 Å². The number of imidazole rings is 1. The Balaban J connectivity index is 1.60. The van der Waals surface area contributed by atoms with Gasteiger partial charge in [0.15, 0.2) is 11.3 Å². The zero-order valence-corrected chi connectivity index (χ0v) is 13.7. The van der Waals surface area contributed by atoms with E-state index in [0.29, 0.717) is 23.8 Å². The zero-order chi connectivity index (χ0) is 15.8. The van der Waals surface area contributed by atoms with Gasteiger partial charge >= 0.3 is 0 Å². The molecule has 0 radical (unpaired) electrons. The summed E-state index contributed by atoms with van der Waals surface area (Å²) in [6, 6.07) is 0. The van der Waals surface area contributed by atoms with Crippen LogP contribution in [-0.2, 0) is 0 Å². The van der Waals surface area contributed by atoms with Crippen molar-refractivity contribution >= 4 is 22.9 Å². The highest BCUT2D eigenvalue weighted by Gasteiger charge is 2.28. The van der Waals surface area contributed by atoms with Crippen LogP contribution in [0.25, 0.3) is 5.65 Å². The molecule has 4 rings (SSSR count). The van der Waals surface area contributed by atoms with E-state index in [1.54, 1.807) is 29.9 Å². The monoisotopic (exact) mass is 327 g/mol. The summed E-state index contributed by atoms with van der Waals surface area (Å²) in [6.07, 6.45) is 10.9. The molecule has 7 heteroatoms. The van der Waals surface area contributed by atoms with Gasteiger partial charge in [-0.1, -0.05) is 0 Å². The van der Waals surface area contributed by atoms with Crippen molar-refractivity contribution in [1.82, 2.24) is 24.3 Å². The summed E-state index contributed by atoms with van der Waals surface area (Å²) >= 11 is 1.73. The molecule has 0 aromatic carbocycles. The molecule has 1 aliphatic rings. The first-order valence-electron chi connectivity index (χ1n) is 7.71. The molecule has 3 aromatic rings. The quantitative estimate of drug-likeness (QED) is 0.725. The van der Waals surface area contributed by atoms with Crippen LogP contribution >= 0.6 is 11.3 Å². The fraction of sp³-hybridized carbons (Fsp3) is 0.375. The highest BCUT2D eigenvalue weighted by molar-refractivity contribution is 7.11. The molecular weight excluding hydrogens is 310 g/mol. The molecule has 1 amide bonds. The molecular formula is C16H17N5OS. The van der Waals surface area contributed by atoms with E-state index in [4.69, 9.17) is 0 Å². The number of amides is 1. The normalized spacial score (nSPS) is 18.5. The van der Waals surface area contributed by atoms with Crippen LogP contribution in [-0.4, -0.2) is 43.2 Å². The van der Waals surface area contributed by atoms with E-state index >= 15 is 0 Å². The molecule has 23 heavy (non-hydrogen) atoms. The Morgan fingerprint density at radius 1 is 1.26 bits per heavy atom. The van der Waals surface area contributed by atoms with Crippen molar-refractivity contribution < 1.29 is 4.79 Å². The van der Waals surface area contributed by atoms with E-state index in [-0.39, 0.29) is 5.91 Å². The smallest absolute Gasteiger partial charge is 0.276 e. The number of aryl methyl sites for hydroxylation is 1. The van der Waals surface area contributed by atoms with Crippen molar-refractivity contribution in [2.75, 3.05) is 13.1 Å². The molecule has 0 aliphatic carbocycles. The van der Waals surface area contributed by atoms with Gasteiger partial charge < -0.3 is 9.30 Å². The maximum atomic E-state index is 12.9. The molecule has 118 valence electrons. The molecule has 3 aromatic heterocycles. The number of carbonyl (C=O) groups is 1. The minimum atomic E-state index is -0.0419. The minimum absolute atomic E-state index is 0.0419. The second-order valence-electron chi connectivity index (χ2n) is 5.83. The van der Waals surface area contributed by atoms with E-state index in [9.17, 15) is 4.79 Å². The predicted octanol–water partition coefficient (Wildman–Crippen LogP) is 2.51. The number of nitrogens with zero attached hydrogens (tertiary/aromatic N) is 5. The SMILES string of the molecule is Cc1cnc(C2CCCN(C(=O)c3nccn4ccnc34)C2)s1. The molecule has 1 atom stereocenters. The first-order valence-corrected chi connectivity index (χ1v) is 8.53. The first kappa shape index (κ1) is 14.3. The topological polar surface area (TPSA) is 63.4 Å². The summed E-state index contributed by atoms with van der Waals surface area (Å²) in [6.45, 7) is 3.54. The number of fused-ring (bicyclic) bond motifs is 1. The third-order valence-electron chi connectivity index (χ3n) is 4.21. The van der Waals surface area contributed by atoms with Gasteiger partial charge in [0, 0.05) is 54.9 Å². The van der Waals surface area contributed by atoms with Gasteiger partial charge in [-0.05, 0) is 19.8 Å². The largest absolute Gasteiger partial charge is 0.336 e. The molecule has 6 nitrogen and oxygen atoms in total.